The number of hydrogen-bond donors (Lipinski definition) is 1. The maximum atomic E-state index is 13.5. The highest BCUT2D eigenvalue weighted by Gasteiger charge is 2.40. The number of carbonyl (C=O) groups excluding carboxylic acids is 2. The van der Waals surface area contributed by atoms with Gasteiger partial charge in [0.1, 0.15) is 17.6 Å². The van der Waals surface area contributed by atoms with Gasteiger partial charge in [0.2, 0.25) is 11.8 Å². The quantitative estimate of drug-likeness (QED) is 0.730. The molecule has 0 aromatic heterocycles. The Kier molecular flexibility index (Phi) is 6.88. The van der Waals surface area contributed by atoms with Gasteiger partial charge in [0.05, 0.1) is 6.42 Å². The van der Waals surface area contributed by atoms with Crippen LogP contribution in [0.25, 0.3) is 0 Å². The standard InChI is InChI=1S/C26H29FN2O3/c27-22-10-6-20(7-11-22)18-24(31)29-17-16-28(15-14-19-8-12-23(30)13-9-19)26(32)25(29)21-4-2-1-3-5-21/h6-13,16-17,21,25,30H,1-5,14-15,18H2. The third kappa shape index (κ3) is 5.18. The topological polar surface area (TPSA) is 60.9 Å². The van der Waals surface area contributed by atoms with Gasteiger partial charge in [-0.2, -0.15) is 0 Å². The molecule has 4 rings (SSSR count). The third-order valence-electron chi connectivity index (χ3n) is 6.47. The van der Waals surface area contributed by atoms with Gasteiger partial charge in [-0.25, -0.2) is 4.39 Å². The van der Waals surface area contributed by atoms with E-state index >= 15 is 0 Å². The van der Waals surface area contributed by atoms with Gasteiger partial charge in [0.25, 0.3) is 0 Å². The first kappa shape index (κ1) is 22.1. The van der Waals surface area contributed by atoms with Crippen LogP contribution in [0.3, 0.4) is 0 Å². The van der Waals surface area contributed by atoms with E-state index in [-0.39, 0.29) is 35.7 Å². The van der Waals surface area contributed by atoms with Crippen LogP contribution < -0.4 is 0 Å². The average Bonchev–Trinajstić information content (AvgIpc) is 2.81. The number of amides is 2. The van der Waals surface area contributed by atoms with Gasteiger partial charge in [-0.05, 0) is 60.6 Å². The van der Waals surface area contributed by atoms with E-state index in [0.29, 0.717) is 13.0 Å². The Morgan fingerprint density at radius 2 is 1.59 bits per heavy atom. The number of aromatic hydroxyl groups is 1. The monoisotopic (exact) mass is 436 g/mol. The molecule has 2 aliphatic rings. The van der Waals surface area contributed by atoms with Crippen LogP contribution in [0.2, 0.25) is 0 Å². The van der Waals surface area contributed by atoms with Crippen molar-refractivity contribution in [2.24, 2.45) is 5.92 Å². The maximum absolute atomic E-state index is 13.5. The number of nitrogens with zero attached hydrogens (tertiary/aromatic N) is 2. The van der Waals surface area contributed by atoms with E-state index in [1.807, 2.05) is 12.1 Å². The molecule has 1 N–H and O–H groups in total. The van der Waals surface area contributed by atoms with E-state index in [2.05, 4.69) is 0 Å². The minimum absolute atomic E-state index is 0.0364. The van der Waals surface area contributed by atoms with Crippen LogP contribution in [0.15, 0.2) is 60.9 Å². The van der Waals surface area contributed by atoms with Crippen LogP contribution in [-0.4, -0.2) is 39.3 Å². The van der Waals surface area contributed by atoms with E-state index in [1.54, 1.807) is 46.5 Å². The number of carbonyl (C=O) groups is 2. The Hall–Kier alpha value is -3.15. The molecule has 2 amide bonds. The van der Waals surface area contributed by atoms with Crippen LogP contribution in [-0.2, 0) is 22.4 Å². The van der Waals surface area contributed by atoms with Gasteiger partial charge in [-0.1, -0.05) is 43.5 Å². The van der Waals surface area contributed by atoms with Gasteiger partial charge < -0.3 is 14.9 Å². The van der Waals surface area contributed by atoms with Crippen molar-refractivity contribution in [3.05, 3.63) is 77.9 Å². The fourth-order valence-electron chi connectivity index (χ4n) is 4.69. The lowest BCUT2D eigenvalue weighted by Gasteiger charge is -2.41. The van der Waals surface area contributed by atoms with Gasteiger partial charge in [0.15, 0.2) is 0 Å². The molecule has 0 spiro atoms. The number of hydrogen-bond acceptors (Lipinski definition) is 3. The van der Waals surface area contributed by atoms with Crippen molar-refractivity contribution in [2.75, 3.05) is 6.54 Å². The smallest absolute Gasteiger partial charge is 0.250 e. The van der Waals surface area contributed by atoms with Gasteiger partial charge in [0, 0.05) is 18.9 Å². The van der Waals surface area contributed by atoms with Crippen LogP contribution >= 0.6 is 0 Å². The van der Waals surface area contributed by atoms with Crippen molar-refractivity contribution in [1.82, 2.24) is 9.80 Å². The van der Waals surface area contributed by atoms with Crippen molar-refractivity contribution in [3.8, 4) is 5.75 Å². The molecule has 2 aromatic rings. The highest BCUT2D eigenvalue weighted by atomic mass is 19.1. The Morgan fingerprint density at radius 3 is 2.28 bits per heavy atom. The van der Waals surface area contributed by atoms with E-state index in [4.69, 9.17) is 0 Å². The van der Waals surface area contributed by atoms with Crippen molar-refractivity contribution in [2.45, 2.75) is 51.0 Å². The summed E-state index contributed by atoms with van der Waals surface area (Å²) in [7, 11) is 0. The Balaban J connectivity index is 1.51. The molecule has 1 fully saturated rings. The molecular formula is C26H29FN2O3. The molecule has 1 aliphatic heterocycles. The highest BCUT2D eigenvalue weighted by molar-refractivity contribution is 5.91. The summed E-state index contributed by atoms with van der Waals surface area (Å²) < 4.78 is 13.2. The van der Waals surface area contributed by atoms with Crippen LogP contribution in [0.1, 0.15) is 43.2 Å². The number of benzene rings is 2. The largest absolute Gasteiger partial charge is 0.508 e. The second-order valence-corrected chi connectivity index (χ2v) is 8.69. The van der Waals surface area contributed by atoms with Gasteiger partial charge in [-0.3, -0.25) is 9.59 Å². The summed E-state index contributed by atoms with van der Waals surface area (Å²) in [5, 5.41) is 9.46. The zero-order valence-corrected chi connectivity index (χ0v) is 18.1. The summed E-state index contributed by atoms with van der Waals surface area (Å²) >= 11 is 0. The van der Waals surface area contributed by atoms with Crippen molar-refractivity contribution in [3.63, 3.8) is 0 Å². The molecule has 1 heterocycles. The molecule has 0 radical (unpaired) electrons. The Morgan fingerprint density at radius 1 is 0.938 bits per heavy atom. The summed E-state index contributed by atoms with van der Waals surface area (Å²) in [6.45, 7) is 0.517. The first-order valence-electron chi connectivity index (χ1n) is 11.3. The highest BCUT2D eigenvalue weighted by Crippen LogP contribution is 2.32. The van der Waals surface area contributed by atoms with Crippen LogP contribution in [0, 0.1) is 11.7 Å². The molecule has 0 saturated heterocycles. The molecule has 168 valence electrons. The van der Waals surface area contributed by atoms with Gasteiger partial charge >= 0.3 is 0 Å². The zero-order valence-electron chi connectivity index (χ0n) is 18.1. The zero-order chi connectivity index (χ0) is 22.5. The molecule has 5 nitrogen and oxygen atoms in total. The van der Waals surface area contributed by atoms with E-state index in [1.165, 1.54) is 18.6 Å². The van der Waals surface area contributed by atoms with E-state index in [9.17, 15) is 19.1 Å². The van der Waals surface area contributed by atoms with Crippen molar-refractivity contribution in [1.29, 1.82) is 0 Å². The fraction of sp³-hybridized carbons (Fsp3) is 0.385. The minimum atomic E-state index is -0.493. The SMILES string of the molecule is O=C1C(C2CCCCC2)N(C(=O)Cc2ccc(F)cc2)C=CN1CCc1ccc(O)cc1. The Labute approximate surface area is 188 Å². The van der Waals surface area contributed by atoms with E-state index < -0.39 is 6.04 Å². The second kappa shape index (κ2) is 9.98. The lowest BCUT2D eigenvalue weighted by Crippen LogP contribution is -2.55. The summed E-state index contributed by atoms with van der Waals surface area (Å²) in [6.07, 6.45) is 9.44. The first-order valence-corrected chi connectivity index (χ1v) is 11.3. The van der Waals surface area contributed by atoms with Crippen LogP contribution in [0.5, 0.6) is 5.75 Å². The molecule has 0 bridgehead atoms. The molecule has 32 heavy (non-hydrogen) atoms. The predicted octanol–water partition coefficient (Wildman–Crippen LogP) is 4.41. The summed E-state index contributed by atoms with van der Waals surface area (Å²) in [4.78, 5) is 30.0. The molecule has 1 unspecified atom stereocenters. The average molecular weight is 437 g/mol. The fourth-order valence-corrected chi connectivity index (χ4v) is 4.69. The summed E-state index contributed by atoms with van der Waals surface area (Å²) in [5.41, 5.74) is 1.77. The summed E-state index contributed by atoms with van der Waals surface area (Å²) in [5.74, 6) is -0.149. The molecular weight excluding hydrogens is 407 g/mol. The number of phenols is 1. The third-order valence-corrected chi connectivity index (χ3v) is 6.47. The minimum Gasteiger partial charge on any atom is -0.508 e. The lowest BCUT2D eigenvalue weighted by molar-refractivity contribution is -0.146. The molecule has 2 aromatic carbocycles. The molecule has 1 atom stereocenters. The first-order chi connectivity index (χ1) is 15.5. The molecule has 1 saturated carbocycles. The van der Waals surface area contributed by atoms with Crippen LogP contribution in [0.4, 0.5) is 4.39 Å². The second-order valence-electron chi connectivity index (χ2n) is 8.69. The number of phenolic OH excluding ortho intramolecular Hbond substituents is 1. The normalized spacial score (nSPS) is 19.4. The van der Waals surface area contributed by atoms with Crippen molar-refractivity contribution < 1.29 is 19.1 Å². The predicted molar refractivity (Wildman–Crippen MR) is 120 cm³/mol. The van der Waals surface area contributed by atoms with Gasteiger partial charge in [-0.15, -0.1) is 0 Å². The van der Waals surface area contributed by atoms with Crippen molar-refractivity contribution >= 4 is 11.8 Å². The number of rotatable bonds is 6. The Bertz CT molecular complexity index is 966. The lowest BCUT2D eigenvalue weighted by atomic mass is 9.82. The van der Waals surface area contributed by atoms with E-state index in [0.717, 1.165) is 36.8 Å². The summed E-state index contributed by atoms with van der Waals surface area (Å²) in [6, 6.07) is 12.4. The molecule has 6 heteroatoms. The maximum Gasteiger partial charge on any atom is 0.250 e. The molecule has 1 aliphatic carbocycles. The number of halogens is 1.